The maximum Gasteiger partial charge on any atom is 0.335 e. The van der Waals surface area contributed by atoms with Crippen molar-refractivity contribution < 1.29 is 62.0 Å². The van der Waals surface area contributed by atoms with Gasteiger partial charge in [-0.15, -0.1) is 0 Å². The highest BCUT2D eigenvalue weighted by Crippen LogP contribution is 2.66. The Kier molecular flexibility index (Phi) is 27.6. The molecule has 0 heterocycles. The average Bonchev–Trinajstić information content (AvgIpc) is 0.821. The van der Waals surface area contributed by atoms with Crippen molar-refractivity contribution in [2.75, 3.05) is 6.79 Å². The van der Waals surface area contributed by atoms with E-state index in [4.69, 9.17) is 28.4 Å². The van der Waals surface area contributed by atoms with Crippen molar-refractivity contribution in [1.29, 1.82) is 0 Å². The molecule has 15 aliphatic carbocycles. The lowest BCUT2D eigenvalue weighted by Crippen LogP contribution is -2.62. The molecule has 0 aliphatic heterocycles. The Hall–Kier alpha value is -5.11. The molecule has 15 aliphatic rings. The van der Waals surface area contributed by atoms with Gasteiger partial charge in [0.15, 0.2) is 6.79 Å². The zero-order valence-corrected chi connectivity index (χ0v) is 61.8. The highest BCUT2D eigenvalue weighted by Gasteiger charge is 2.62. The molecule has 0 saturated heterocycles. The number of carbonyl (C=O) groups is 7. The van der Waals surface area contributed by atoms with Crippen molar-refractivity contribution in [1.82, 2.24) is 5.32 Å². The van der Waals surface area contributed by atoms with E-state index in [1.807, 2.05) is 6.92 Å². The number of rotatable bonds is 18. The van der Waals surface area contributed by atoms with Crippen LogP contribution in [0.3, 0.4) is 0 Å². The van der Waals surface area contributed by atoms with E-state index in [9.17, 15) is 33.6 Å². The van der Waals surface area contributed by atoms with Crippen LogP contribution in [0, 0.1) is 82.3 Å². The second-order valence-corrected chi connectivity index (χ2v) is 33.5. The van der Waals surface area contributed by atoms with Crippen LogP contribution in [0.5, 0.6) is 0 Å². The summed E-state index contributed by atoms with van der Waals surface area (Å²) in [6.07, 6.45) is 37.4. The molecule has 0 radical (unpaired) electrons. The molecule has 14 nitrogen and oxygen atoms in total. The number of ether oxygens (including phenoxy) is 6. The molecule has 538 valence electrons. The van der Waals surface area contributed by atoms with Gasteiger partial charge >= 0.3 is 29.8 Å². The zero-order chi connectivity index (χ0) is 70.7. The van der Waals surface area contributed by atoms with Crippen LogP contribution < -0.4 is 5.32 Å². The Morgan fingerprint density at radius 2 is 0.896 bits per heavy atom. The Bertz CT molecular complexity index is 2740. The van der Waals surface area contributed by atoms with E-state index in [-0.39, 0.29) is 82.2 Å². The molecule has 15 saturated carbocycles. The number of imide groups is 1. The summed E-state index contributed by atoms with van der Waals surface area (Å²) < 4.78 is 33.8. The van der Waals surface area contributed by atoms with Crippen LogP contribution in [0.1, 0.15) is 282 Å². The minimum absolute atomic E-state index is 0.0343. The largest absolute Gasteiger partial charge is 0.456 e. The first kappa shape index (κ1) is 78.2. The normalized spacial score (nSPS) is 32.7. The van der Waals surface area contributed by atoms with E-state index in [0.717, 1.165) is 106 Å². The first-order valence-corrected chi connectivity index (χ1v) is 37.7. The molecule has 0 aromatic rings. The highest BCUT2D eigenvalue weighted by molar-refractivity contribution is 6.04. The summed E-state index contributed by atoms with van der Waals surface area (Å²) in [5.74, 6) is 7.71. The van der Waals surface area contributed by atoms with E-state index in [0.29, 0.717) is 69.1 Å². The van der Waals surface area contributed by atoms with Crippen molar-refractivity contribution in [3.63, 3.8) is 0 Å². The third-order valence-electron chi connectivity index (χ3n) is 25.1. The van der Waals surface area contributed by atoms with Crippen LogP contribution in [-0.4, -0.2) is 77.0 Å². The molecule has 2 amide bonds. The number of hydrogen-bond acceptors (Lipinski definition) is 13. The van der Waals surface area contributed by atoms with Gasteiger partial charge in [0.05, 0.1) is 6.10 Å². The summed E-state index contributed by atoms with van der Waals surface area (Å²) in [7, 11) is 0. The van der Waals surface area contributed by atoms with Crippen molar-refractivity contribution in [2.24, 2.45) is 82.3 Å². The first-order chi connectivity index (χ1) is 45.2. The second kappa shape index (κ2) is 33.8. The van der Waals surface area contributed by atoms with Crippen molar-refractivity contribution in [3.8, 4) is 0 Å². The smallest absolute Gasteiger partial charge is 0.335 e. The van der Waals surface area contributed by atoms with E-state index in [2.05, 4.69) is 79.4 Å². The molecule has 15 fully saturated rings. The highest BCUT2D eigenvalue weighted by atomic mass is 16.7. The predicted molar refractivity (Wildman–Crippen MR) is 378 cm³/mol. The van der Waals surface area contributed by atoms with Crippen LogP contribution in [0.25, 0.3) is 0 Å². The Morgan fingerprint density at radius 1 is 0.490 bits per heavy atom. The fourth-order valence-electron chi connectivity index (χ4n) is 20.5. The first-order valence-electron chi connectivity index (χ1n) is 37.7. The van der Waals surface area contributed by atoms with Crippen molar-refractivity contribution in [2.45, 2.75) is 311 Å². The van der Waals surface area contributed by atoms with Crippen LogP contribution in [-0.2, 0) is 62.0 Å². The van der Waals surface area contributed by atoms with Gasteiger partial charge in [-0.1, -0.05) is 86.4 Å². The lowest BCUT2D eigenvalue weighted by Gasteiger charge is -2.62. The average molecular weight is 1330 g/mol. The number of amides is 2. The van der Waals surface area contributed by atoms with Gasteiger partial charge in [-0.2, -0.15) is 0 Å². The van der Waals surface area contributed by atoms with E-state index in [1.54, 1.807) is 41.5 Å². The maximum atomic E-state index is 12.1. The second-order valence-electron chi connectivity index (χ2n) is 33.5. The van der Waals surface area contributed by atoms with Crippen LogP contribution >= 0.6 is 0 Å². The molecule has 12 bridgehead atoms. The molecule has 1 N–H and O–H groups in total. The third-order valence-corrected chi connectivity index (χ3v) is 25.1. The van der Waals surface area contributed by atoms with Gasteiger partial charge in [-0.05, 0) is 306 Å². The van der Waals surface area contributed by atoms with Gasteiger partial charge < -0.3 is 28.4 Å². The molecular weight excluding hydrogens is 1210 g/mol. The molecule has 0 aromatic heterocycles. The molecule has 0 aromatic carbocycles. The van der Waals surface area contributed by atoms with E-state index < -0.39 is 0 Å². The molecule has 1 atom stereocenters. The molecule has 14 heteroatoms. The zero-order valence-electron chi connectivity index (χ0n) is 61.8. The molecule has 96 heavy (non-hydrogen) atoms. The topological polar surface area (TPSA) is 187 Å². The summed E-state index contributed by atoms with van der Waals surface area (Å²) in [4.78, 5) is 80.7. The fourth-order valence-corrected chi connectivity index (χ4v) is 20.5. The summed E-state index contributed by atoms with van der Waals surface area (Å²) in [5, 5.41) is 2.37. The summed E-state index contributed by atoms with van der Waals surface area (Å²) in [6, 6.07) is 0. The van der Waals surface area contributed by atoms with Crippen molar-refractivity contribution >= 4 is 41.7 Å². The number of hydrogen-bond donors (Lipinski definition) is 1. The summed E-state index contributed by atoms with van der Waals surface area (Å²) >= 11 is 0. The quantitative estimate of drug-likeness (QED) is 0.0592. The Labute approximate surface area is 578 Å². The predicted octanol–water partition coefficient (Wildman–Crippen LogP) is 18.4. The molecule has 15 rings (SSSR count). The fraction of sp³-hybridized carbons (Fsp3) is 0.768. The number of esters is 5. The minimum atomic E-state index is -0.348. The summed E-state index contributed by atoms with van der Waals surface area (Å²) in [6.45, 7) is 44.8. The number of nitrogens with one attached hydrogen (secondary N) is 1. The van der Waals surface area contributed by atoms with Gasteiger partial charge in [0, 0.05) is 44.8 Å². The lowest BCUT2D eigenvalue weighted by molar-refractivity contribution is -0.221. The van der Waals surface area contributed by atoms with Gasteiger partial charge in [0.2, 0.25) is 5.91 Å². The molecular formula is C82H127NO13. The SMILES string of the molecule is C=C(C)C(=O)NC(=O)C1CCCCC1.C=C(C)C(=O)OC(C)(CC)C12CC3CC(CC(C3)C1)C2.C=C(C)C(=O)OC1(C(C)C)C2CC3CC(C2)CC1C3.C=C(C)C(=O)OC1(C)CCCC1.C=C(C)C(=O)OC1(CC)CCCC1.C=C(C)C(=O)OCOC1C2CC3CC(C2)CC1C3. The van der Waals surface area contributed by atoms with Gasteiger partial charge in [-0.25, -0.2) is 24.0 Å². The third kappa shape index (κ3) is 19.7. The van der Waals surface area contributed by atoms with Crippen LogP contribution in [0.2, 0.25) is 0 Å². The monoisotopic (exact) mass is 1330 g/mol. The van der Waals surface area contributed by atoms with Crippen LogP contribution in [0.4, 0.5) is 0 Å². The maximum absolute atomic E-state index is 12.1. The van der Waals surface area contributed by atoms with E-state index >= 15 is 0 Å². The molecule has 1 unspecified atom stereocenters. The number of carbonyl (C=O) groups excluding carboxylic acids is 7. The van der Waals surface area contributed by atoms with Gasteiger partial charge in [-0.3, -0.25) is 14.9 Å². The standard InChI is InChI=1S/C18H28O2.C17H26O2.C15H22O3.C11H17NO2.C11H18O2.C10H16O2/c1-5-17(4,20-16(19)12(2)3)18-9-13-6-14(10-18)8-15(7-13)11-18;1-10(2)16(18)19-17(11(3)4)14-6-12-5-13(8-14)9-15(17)7-12;1-9(2)15(16)18-8-17-14-12-4-10-3-11(6-12)7-13(14)5-10;1-8(2)10(13)12-11(14)9-6-4-3-5-7-9;1-4-11(7-5-6-8-11)13-10(12)9(2)3;1-8(2)9(11)12-10(3)6-4-5-7-10/h13-15H,2,5-11H2,1,3-4H3;11-15H,1,5-9H2,2-4H3;10-14H,1,3-8H2,2H3;9H,1,3-7H2,2H3,(H,12,13,14);2,4-8H2,1,3H3;1,4-7H2,2-3H3. The van der Waals surface area contributed by atoms with Gasteiger partial charge in [0.1, 0.15) is 22.4 Å². The lowest BCUT2D eigenvalue weighted by atomic mass is 9.45. The summed E-state index contributed by atoms with van der Waals surface area (Å²) in [5.41, 5.74) is 2.21. The van der Waals surface area contributed by atoms with E-state index in [1.165, 1.54) is 135 Å². The molecule has 0 spiro atoms. The van der Waals surface area contributed by atoms with Crippen LogP contribution in [0.15, 0.2) is 72.9 Å². The van der Waals surface area contributed by atoms with Gasteiger partial charge in [0.25, 0.3) is 5.91 Å². The Morgan fingerprint density at radius 3 is 1.30 bits per heavy atom. The minimum Gasteiger partial charge on any atom is -0.456 e. The Balaban J connectivity index is 0.000000164. The van der Waals surface area contributed by atoms with Crippen molar-refractivity contribution in [3.05, 3.63) is 72.9 Å².